The number of benzene rings is 1. The molecule has 2 rings (SSSR count). The summed E-state index contributed by atoms with van der Waals surface area (Å²) >= 11 is 0. The topological polar surface area (TPSA) is 125 Å². The average Bonchev–Trinajstić information content (AvgIpc) is 2.96. The van der Waals surface area contributed by atoms with E-state index in [2.05, 4.69) is 11.8 Å². The molecule has 0 aliphatic carbocycles. The Morgan fingerprint density at radius 3 is 2.41 bits per heavy atom. The number of ether oxygens (including phenoxy) is 2. The van der Waals surface area contributed by atoms with Crippen molar-refractivity contribution >= 4 is 22.0 Å². The third kappa shape index (κ3) is 6.59. The second kappa shape index (κ2) is 10.7. The van der Waals surface area contributed by atoms with Crippen molar-refractivity contribution in [3.63, 3.8) is 0 Å². The van der Waals surface area contributed by atoms with Crippen LogP contribution in [0, 0.1) is 11.8 Å². The smallest absolute Gasteiger partial charge is 0.410 e. The normalized spacial score (nSPS) is 17.5. The highest BCUT2D eigenvalue weighted by Gasteiger charge is 2.39. The van der Waals surface area contributed by atoms with Gasteiger partial charge in [0.2, 0.25) is 10.0 Å². The highest BCUT2D eigenvalue weighted by atomic mass is 32.2. The van der Waals surface area contributed by atoms with Gasteiger partial charge in [-0.2, -0.15) is 4.31 Å². The lowest BCUT2D eigenvalue weighted by molar-refractivity contribution is -0.133. The van der Waals surface area contributed by atoms with Crippen LogP contribution in [0.4, 0.5) is 4.79 Å². The molecular weight excluding hydrogens is 438 g/mol. The molecule has 32 heavy (non-hydrogen) atoms. The fraction of sp³-hybridized carbons (Fsp3) is 0.524. The zero-order chi connectivity index (χ0) is 23.9. The van der Waals surface area contributed by atoms with Gasteiger partial charge in [0.1, 0.15) is 24.0 Å². The van der Waals surface area contributed by atoms with E-state index in [4.69, 9.17) is 14.7 Å². The summed E-state index contributed by atoms with van der Waals surface area (Å²) in [5, 5.41) is 9.15. The molecule has 0 saturated carbocycles. The van der Waals surface area contributed by atoms with Crippen molar-refractivity contribution in [2.24, 2.45) is 0 Å². The molecule has 0 spiro atoms. The number of hydrogen-bond acceptors (Lipinski definition) is 7. The van der Waals surface area contributed by atoms with Crippen molar-refractivity contribution < 1.29 is 32.7 Å². The van der Waals surface area contributed by atoms with E-state index < -0.39 is 33.7 Å². The Balaban J connectivity index is 2.27. The summed E-state index contributed by atoms with van der Waals surface area (Å²) in [5.74, 6) is 5.01. The van der Waals surface area contributed by atoms with E-state index in [1.807, 2.05) is 0 Å². The summed E-state index contributed by atoms with van der Waals surface area (Å²) in [6.45, 7) is 7.00. The van der Waals surface area contributed by atoms with Crippen LogP contribution in [0.2, 0.25) is 0 Å². The van der Waals surface area contributed by atoms with Gasteiger partial charge in [0, 0.05) is 19.6 Å². The molecule has 0 aromatic heterocycles. The molecule has 1 aliphatic rings. The predicted octanol–water partition coefficient (Wildman–Crippen LogP) is 1.59. The van der Waals surface area contributed by atoms with Gasteiger partial charge < -0.3 is 14.4 Å². The minimum absolute atomic E-state index is 0.0122. The van der Waals surface area contributed by atoms with E-state index in [0.29, 0.717) is 5.75 Å². The van der Waals surface area contributed by atoms with Crippen LogP contribution in [-0.4, -0.2) is 72.7 Å². The van der Waals surface area contributed by atoms with E-state index in [1.54, 1.807) is 27.7 Å². The summed E-state index contributed by atoms with van der Waals surface area (Å²) < 4.78 is 38.4. The number of hydrogen-bond donors (Lipinski definition) is 2. The molecule has 1 atom stereocenters. The molecule has 1 aliphatic heterocycles. The summed E-state index contributed by atoms with van der Waals surface area (Å²) in [7, 11) is -4.12. The SMILES string of the molecule is CC#CCOc1ccc(S(=O)(=O)N2CCN(C(=O)OC(C)(C)C)CCC2C(=O)NO)cc1. The van der Waals surface area contributed by atoms with Crippen LogP contribution in [0.3, 0.4) is 0 Å². The van der Waals surface area contributed by atoms with Crippen LogP contribution < -0.4 is 10.2 Å². The van der Waals surface area contributed by atoms with Crippen molar-refractivity contribution in [1.29, 1.82) is 0 Å². The van der Waals surface area contributed by atoms with Crippen LogP contribution in [0.5, 0.6) is 5.75 Å². The number of nitrogens with one attached hydrogen (secondary N) is 1. The molecule has 0 bridgehead atoms. The Labute approximate surface area is 188 Å². The minimum atomic E-state index is -4.12. The first-order valence-corrected chi connectivity index (χ1v) is 11.5. The third-order valence-electron chi connectivity index (χ3n) is 4.59. The first-order valence-electron chi connectivity index (χ1n) is 10.1. The molecule has 2 N–H and O–H groups in total. The molecule has 2 amide bonds. The lowest BCUT2D eigenvalue weighted by Crippen LogP contribution is -2.49. The van der Waals surface area contributed by atoms with Crippen molar-refractivity contribution in [3.05, 3.63) is 24.3 Å². The molecule has 1 saturated heterocycles. The Morgan fingerprint density at radius 1 is 1.19 bits per heavy atom. The van der Waals surface area contributed by atoms with E-state index in [-0.39, 0.29) is 37.6 Å². The molecule has 0 radical (unpaired) electrons. The lowest BCUT2D eigenvalue weighted by Gasteiger charge is -2.27. The Bertz CT molecular complexity index is 975. The first kappa shape index (κ1) is 25.5. The highest BCUT2D eigenvalue weighted by molar-refractivity contribution is 7.89. The van der Waals surface area contributed by atoms with Gasteiger partial charge in [-0.15, -0.1) is 5.92 Å². The van der Waals surface area contributed by atoms with Crippen molar-refractivity contribution in [2.45, 2.75) is 50.7 Å². The summed E-state index contributed by atoms with van der Waals surface area (Å²) in [4.78, 5) is 26.0. The lowest BCUT2D eigenvalue weighted by atomic mass is 10.2. The molecule has 176 valence electrons. The fourth-order valence-corrected chi connectivity index (χ4v) is 4.69. The van der Waals surface area contributed by atoms with Crippen molar-refractivity contribution in [1.82, 2.24) is 14.7 Å². The molecule has 1 aromatic carbocycles. The highest BCUT2D eigenvalue weighted by Crippen LogP contribution is 2.25. The first-order chi connectivity index (χ1) is 15.0. The maximum Gasteiger partial charge on any atom is 0.410 e. The third-order valence-corrected chi connectivity index (χ3v) is 6.52. The number of amides is 2. The van der Waals surface area contributed by atoms with E-state index >= 15 is 0 Å². The van der Waals surface area contributed by atoms with Crippen LogP contribution in [0.25, 0.3) is 0 Å². The zero-order valence-corrected chi connectivity index (χ0v) is 19.4. The predicted molar refractivity (Wildman–Crippen MR) is 115 cm³/mol. The van der Waals surface area contributed by atoms with E-state index in [0.717, 1.165) is 4.31 Å². The number of carbonyl (C=O) groups is 2. The maximum absolute atomic E-state index is 13.3. The summed E-state index contributed by atoms with van der Waals surface area (Å²) in [5.41, 5.74) is 0.805. The number of rotatable bonds is 5. The van der Waals surface area contributed by atoms with E-state index in [9.17, 15) is 18.0 Å². The van der Waals surface area contributed by atoms with Crippen LogP contribution in [-0.2, 0) is 19.6 Å². The van der Waals surface area contributed by atoms with Crippen LogP contribution in [0.1, 0.15) is 34.1 Å². The zero-order valence-electron chi connectivity index (χ0n) is 18.6. The monoisotopic (exact) mass is 467 g/mol. The molecule has 1 heterocycles. The summed E-state index contributed by atoms with van der Waals surface area (Å²) in [6.07, 6.45) is -0.613. The summed E-state index contributed by atoms with van der Waals surface area (Å²) in [6, 6.07) is 4.53. The minimum Gasteiger partial charge on any atom is -0.481 e. The maximum atomic E-state index is 13.3. The quantitative estimate of drug-likeness (QED) is 0.383. The molecule has 10 nitrogen and oxygen atoms in total. The van der Waals surface area contributed by atoms with Gasteiger partial charge in [0.15, 0.2) is 0 Å². The standard InChI is InChI=1S/C21H29N3O7S/c1-5-6-15-30-16-7-9-17(10-8-16)32(28,29)24-14-13-23(20(26)31-21(2,3)4)12-11-18(24)19(25)22-27/h7-10,18,27H,11-15H2,1-4H3,(H,22,25). The van der Waals surface area contributed by atoms with Crippen molar-refractivity contribution in [3.8, 4) is 17.6 Å². The van der Waals surface area contributed by atoms with Gasteiger partial charge in [0.05, 0.1) is 4.90 Å². The average molecular weight is 468 g/mol. The Morgan fingerprint density at radius 2 is 1.84 bits per heavy atom. The fourth-order valence-electron chi connectivity index (χ4n) is 3.08. The second-order valence-electron chi connectivity index (χ2n) is 8.05. The van der Waals surface area contributed by atoms with Gasteiger partial charge in [-0.25, -0.2) is 18.7 Å². The Kier molecular flexibility index (Phi) is 8.49. The number of carbonyl (C=O) groups excluding carboxylic acids is 2. The van der Waals surface area contributed by atoms with Gasteiger partial charge in [-0.1, -0.05) is 5.92 Å². The largest absolute Gasteiger partial charge is 0.481 e. The number of nitrogens with zero attached hydrogens (tertiary/aromatic N) is 2. The van der Waals surface area contributed by atoms with Gasteiger partial charge in [-0.05, 0) is 58.4 Å². The molecule has 11 heteroatoms. The Hall–Kier alpha value is -2.81. The van der Waals surface area contributed by atoms with Crippen LogP contribution in [0.15, 0.2) is 29.2 Å². The van der Waals surface area contributed by atoms with Gasteiger partial charge >= 0.3 is 6.09 Å². The molecule has 1 aromatic rings. The second-order valence-corrected chi connectivity index (χ2v) is 9.94. The van der Waals surface area contributed by atoms with Gasteiger partial charge in [-0.3, -0.25) is 10.0 Å². The van der Waals surface area contributed by atoms with Crippen molar-refractivity contribution in [2.75, 3.05) is 26.2 Å². The number of sulfonamides is 1. The van der Waals surface area contributed by atoms with Crippen LogP contribution >= 0.6 is 0 Å². The molecule has 1 fully saturated rings. The molecular formula is C21H29N3O7S. The van der Waals surface area contributed by atoms with Gasteiger partial charge in [0.25, 0.3) is 5.91 Å². The number of hydroxylamine groups is 1. The molecule has 1 unspecified atom stereocenters. The van der Waals surface area contributed by atoms with E-state index in [1.165, 1.54) is 34.6 Å².